The number of allylic oxidation sites excluding steroid dienone is 9. The van der Waals surface area contributed by atoms with Crippen molar-refractivity contribution in [2.75, 3.05) is 4.90 Å². The van der Waals surface area contributed by atoms with E-state index in [1.54, 1.807) is 6.08 Å². The molecule has 0 atom stereocenters. The molecule has 0 aliphatic heterocycles. The van der Waals surface area contributed by atoms with Gasteiger partial charge in [0.1, 0.15) is 0 Å². The first-order valence-electron chi connectivity index (χ1n) is 9.61. The van der Waals surface area contributed by atoms with Crippen LogP contribution in [0.3, 0.4) is 0 Å². The van der Waals surface area contributed by atoms with Crippen LogP contribution in [0.2, 0.25) is 0 Å². The molecule has 0 aliphatic carbocycles. The zero-order valence-electron chi connectivity index (χ0n) is 17.0. The van der Waals surface area contributed by atoms with Crippen molar-refractivity contribution in [3.05, 3.63) is 127 Å². The highest BCUT2D eigenvalue weighted by molar-refractivity contribution is 5.71. The molecule has 0 aromatic heterocycles. The maximum Gasteiger partial charge on any atom is 0.0461 e. The summed E-state index contributed by atoms with van der Waals surface area (Å²) < 4.78 is 0. The van der Waals surface area contributed by atoms with E-state index in [-0.39, 0.29) is 0 Å². The van der Waals surface area contributed by atoms with Gasteiger partial charge in [0.05, 0.1) is 0 Å². The van der Waals surface area contributed by atoms with E-state index in [1.165, 1.54) is 0 Å². The molecule has 0 fully saturated rings. The maximum atomic E-state index is 3.72. The first-order chi connectivity index (χ1) is 13.7. The molecule has 0 amide bonds. The van der Waals surface area contributed by atoms with Crippen LogP contribution in [0.5, 0.6) is 0 Å². The summed E-state index contributed by atoms with van der Waals surface area (Å²) in [6.45, 7) is 9.86. The van der Waals surface area contributed by atoms with E-state index in [9.17, 15) is 0 Å². The lowest BCUT2D eigenvalue weighted by molar-refractivity contribution is 1.20. The SMILES string of the molecule is C=C\C=C/C(/C=C/c1ccc(N(C(/C=C\C)=C/C)c2ccccc2)cc1)=C\C. The summed E-state index contributed by atoms with van der Waals surface area (Å²) in [5.74, 6) is 0. The van der Waals surface area contributed by atoms with Gasteiger partial charge in [0.15, 0.2) is 0 Å². The van der Waals surface area contributed by atoms with Gasteiger partial charge in [0, 0.05) is 17.1 Å². The average Bonchev–Trinajstić information content (AvgIpc) is 2.75. The van der Waals surface area contributed by atoms with Gasteiger partial charge in [-0.1, -0.05) is 85.5 Å². The van der Waals surface area contributed by atoms with Crippen LogP contribution in [0.25, 0.3) is 6.08 Å². The predicted octanol–water partition coefficient (Wildman–Crippen LogP) is 8.01. The zero-order valence-corrected chi connectivity index (χ0v) is 17.0. The molecule has 0 saturated heterocycles. The summed E-state index contributed by atoms with van der Waals surface area (Å²) in [7, 11) is 0. The van der Waals surface area contributed by atoms with Crippen molar-refractivity contribution in [2.45, 2.75) is 20.8 Å². The molecular formula is C27H29N. The van der Waals surface area contributed by atoms with E-state index in [1.807, 2.05) is 32.1 Å². The first-order valence-corrected chi connectivity index (χ1v) is 9.61. The number of anilines is 2. The second-order valence-electron chi connectivity index (χ2n) is 6.19. The van der Waals surface area contributed by atoms with Crippen LogP contribution in [-0.2, 0) is 0 Å². The van der Waals surface area contributed by atoms with Crippen LogP contribution in [-0.4, -0.2) is 0 Å². The molecule has 0 saturated carbocycles. The molecular weight excluding hydrogens is 338 g/mol. The number of para-hydroxylation sites is 1. The van der Waals surface area contributed by atoms with Crippen LogP contribution >= 0.6 is 0 Å². The standard InChI is InChI=1S/C27H29N/c1-5-9-14-23(7-3)17-18-24-19-21-27(22-20-24)28(25(8-4)13-6-2)26-15-11-10-12-16-26/h5-22H,1H2,2-4H3/b13-6-,14-9-,18-17+,23-7+,25-8+. The highest BCUT2D eigenvalue weighted by atomic mass is 15.1. The predicted molar refractivity (Wildman–Crippen MR) is 126 cm³/mol. The van der Waals surface area contributed by atoms with Gasteiger partial charge in [-0.15, -0.1) is 0 Å². The van der Waals surface area contributed by atoms with Crippen molar-refractivity contribution in [3.8, 4) is 0 Å². The van der Waals surface area contributed by atoms with E-state index in [0.29, 0.717) is 0 Å². The number of nitrogens with zero attached hydrogens (tertiary/aromatic N) is 1. The minimum Gasteiger partial charge on any atom is -0.311 e. The van der Waals surface area contributed by atoms with Crippen molar-refractivity contribution >= 4 is 17.5 Å². The third kappa shape index (κ3) is 5.85. The Balaban J connectivity index is 2.34. The van der Waals surface area contributed by atoms with Gasteiger partial charge in [0.25, 0.3) is 0 Å². The molecule has 0 unspecified atom stereocenters. The molecule has 142 valence electrons. The van der Waals surface area contributed by atoms with E-state index in [4.69, 9.17) is 0 Å². The Morgan fingerprint density at radius 2 is 1.46 bits per heavy atom. The molecule has 0 bridgehead atoms. The average molecular weight is 368 g/mol. The molecule has 2 rings (SSSR count). The zero-order chi connectivity index (χ0) is 20.2. The Bertz CT molecular complexity index is 891. The summed E-state index contributed by atoms with van der Waals surface area (Å²) in [5.41, 5.74) is 5.73. The molecule has 0 radical (unpaired) electrons. The smallest absolute Gasteiger partial charge is 0.0461 e. The summed E-state index contributed by atoms with van der Waals surface area (Å²) in [4.78, 5) is 2.26. The maximum absolute atomic E-state index is 3.72. The minimum atomic E-state index is 1.13. The first kappa shape index (κ1) is 21.0. The van der Waals surface area contributed by atoms with Gasteiger partial charge >= 0.3 is 0 Å². The Kier molecular flexibility index (Phi) is 8.55. The minimum absolute atomic E-state index is 1.13. The van der Waals surface area contributed by atoms with Crippen LogP contribution in [0, 0.1) is 0 Å². The van der Waals surface area contributed by atoms with Crippen molar-refractivity contribution in [2.24, 2.45) is 0 Å². The Hall–Kier alpha value is -3.32. The summed E-state index contributed by atoms with van der Waals surface area (Å²) >= 11 is 0. The number of hydrogen-bond donors (Lipinski definition) is 0. The van der Waals surface area contributed by atoms with E-state index in [2.05, 4.69) is 103 Å². The normalized spacial score (nSPS) is 13.0. The quantitative estimate of drug-likeness (QED) is 0.427. The van der Waals surface area contributed by atoms with Gasteiger partial charge in [-0.3, -0.25) is 0 Å². The fourth-order valence-electron chi connectivity index (χ4n) is 2.85. The van der Waals surface area contributed by atoms with Gasteiger partial charge in [0.2, 0.25) is 0 Å². The molecule has 0 aliphatic rings. The summed E-state index contributed by atoms with van der Waals surface area (Å²) in [6, 6.07) is 19.1. The number of hydrogen-bond acceptors (Lipinski definition) is 1. The second kappa shape index (κ2) is 11.4. The van der Waals surface area contributed by atoms with Crippen molar-refractivity contribution < 1.29 is 0 Å². The summed E-state index contributed by atoms with van der Waals surface area (Å²) in [6.07, 6.45) is 18.4. The van der Waals surface area contributed by atoms with E-state index >= 15 is 0 Å². The highest BCUT2D eigenvalue weighted by Crippen LogP contribution is 2.30. The molecule has 28 heavy (non-hydrogen) atoms. The highest BCUT2D eigenvalue weighted by Gasteiger charge is 2.11. The van der Waals surface area contributed by atoms with Crippen molar-refractivity contribution in [1.29, 1.82) is 0 Å². The molecule has 1 nitrogen and oxygen atoms in total. The number of benzene rings is 2. The topological polar surface area (TPSA) is 3.24 Å². The van der Waals surface area contributed by atoms with Crippen LogP contribution < -0.4 is 4.90 Å². The Morgan fingerprint density at radius 3 is 2.04 bits per heavy atom. The van der Waals surface area contributed by atoms with Gasteiger partial charge in [-0.05, 0) is 62.2 Å². The third-order valence-electron chi connectivity index (χ3n) is 4.28. The van der Waals surface area contributed by atoms with Crippen LogP contribution in [0.15, 0.2) is 121 Å². The summed E-state index contributed by atoms with van der Waals surface area (Å²) in [5, 5.41) is 0. The largest absolute Gasteiger partial charge is 0.311 e. The molecule has 0 N–H and O–H groups in total. The molecule has 2 aromatic rings. The fourth-order valence-corrected chi connectivity index (χ4v) is 2.85. The lowest BCUT2D eigenvalue weighted by Gasteiger charge is -2.26. The van der Waals surface area contributed by atoms with Crippen LogP contribution in [0.4, 0.5) is 11.4 Å². The van der Waals surface area contributed by atoms with Gasteiger partial charge in [-0.25, -0.2) is 0 Å². The van der Waals surface area contributed by atoms with Gasteiger partial charge in [-0.2, -0.15) is 0 Å². The molecule has 2 aromatic carbocycles. The van der Waals surface area contributed by atoms with Crippen LogP contribution in [0.1, 0.15) is 26.3 Å². The third-order valence-corrected chi connectivity index (χ3v) is 4.28. The van der Waals surface area contributed by atoms with E-state index in [0.717, 1.165) is 28.2 Å². The lowest BCUT2D eigenvalue weighted by Crippen LogP contribution is -2.14. The molecule has 0 heterocycles. The molecule has 1 heteroatoms. The van der Waals surface area contributed by atoms with Crippen molar-refractivity contribution in [1.82, 2.24) is 0 Å². The molecule has 0 spiro atoms. The van der Waals surface area contributed by atoms with Gasteiger partial charge < -0.3 is 4.90 Å². The second-order valence-corrected chi connectivity index (χ2v) is 6.19. The Labute approximate surface area is 170 Å². The lowest BCUT2D eigenvalue weighted by atomic mass is 10.1. The van der Waals surface area contributed by atoms with E-state index < -0.39 is 0 Å². The monoisotopic (exact) mass is 367 g/mol. The fraction of sp³-hybridized carbons (Fsp3) is 0.111. The Morgan fingerprint density at radius 1 is 0.786 bits per heavy atom. The van der Waals surface area contributed by atoms with Crippen molar-refractivity contribution in [3.63, 3.8) is 0 Å². The number of rotatable bonds is 8.